The summed E-state index contributed by atoms with van der Waals surface area (Å²) in [6.07, 6.45) is 6.80. The van der Waals surface area contributed by atoms with Gasteiger partial charge in [-0.25, -0.2) is 0 Å². The van der Waals surface area contributed by atoms with Gasteiger partial charge in [0.25, 0.3) is 0 Å². The van der Waals surface area contributed by atoms with Gasteiger partial charge in [0.2, 0.25) is 0 Å². The molecule has 0 nitrogen and oxygen atoms in total. The van der Waals surface area contributed by atoms with E-state index in [2.05, 4.69) is 31.9 Å². The molecule has 2 rings (SSSR count). The third-order valence-corrected chi connectivity index (χ3v) is 5.34. The smallest absolute Gasteiger partial charge is 0.0107 e. The van der Waals surface area contributed by atoms with Crippen LogP contribution in [0, 0.1) is 23.7 Å². The molecule has 5 unspecified atom stereocenters. The topological polar surface area (TPSA) is 0 Å². The van der Waals surface area contributed by atoms with Gasteiger partial charge in [0.15, 0.2) is 0 Å². The number of hydrogen-bond donors (Lipinski definition) is 0. The molecule has 0 spiro atoms. The van der Waals surface area contributed by atoms with Crippen molar-refractivity contribution >= 4 is 11.8 Å². The summed E-state index contributed by atoms with van der Waals surface area (Å²) < 4.78 is 0. The van der Waals surface area contributed by atoms with Crippen LogP contribution in [-0.2, 0) is 0 Å². The van der Waals surface area contributed by atoms with Gasteiger partial charge in [-0.2, -0.15) is 11.8 Å². The van der Waals surface area contributed by atoms with Crippen LogP contribution < -0.4 is 0 Å². The van der Waals surface area contributed by atoms with Crippen molar-refractivity contribution in [3.05, 3.63) is 0 Å². The normalized spacial score (nSPS) is 52.8. The van der Waals surface area contributed by atoms with E-state index >= 15 is 0 Å². The third kappa shape index (κ3) is 1.41. The summed E-state index contributed by atoms with van der Waals surface area (Å²) in [6, 6.07) is 0. The Hall–Kier alpha value is 0.350. The van der Waals surface area contributed by atoms with Gasteiger partial charge in [0.05, 0.1) is 0 Å². The molecule has 0 amide bonds. The van der Waals surface area contributed by atoms with Crippen LogP contribution in [0.2, 0.25) is 0 Å². The molecule has 70 valence electrons. The zero-order valence-electron chi connectivity index (χ0n) is 8.42. The van der Waals surface area contributed by atoms with Crippen LogP contribution in [-0.4, -0.2) is 11.5 Å². The second-order valence-corrected chi connectivity index (χ2v) is 5.81. The first-order valence-electron chi connectivity index (χ1n) is 5.26. The highest BCUT2D eigenvalue weighted by Gasteiger charge is 2.50. The zero-order chi connectivity index (χ0) is 8.72. The van der Waals surface area contributed by atoms with Crippen molar-refractivity contribution in [1.82, 2.24) is 0 Å². The maximum absolute atomic E-state index is 2.45. The van der Waals surface area contributed by atoms with Gasteiger partial charge in [-0.05, 0) is 42.8 Å². The summed E-state index contributed by atoms with van der Waals surface area (Å²) in [5, 5.41) is 1.04. The molecular weight excluding hydrogens is 164 g/mol. The number of thioether (sulfide) groups is 1. The molecule has 12 heavy (non-hydrogen) atoms. The predicted molar refractivity (Wildman–Crippen MR) is 56.5 cm³/mol. The highest BCUT2D eigenvalue weighted by atomic mass is 32.2. The third-order valence-electron chi connectivity index (χ3n) is 4.10. The van der Waals surface area contributed by atoms with Crippen LogP contribution in [0.4, 0.5) is 0 Å². The summed E-state index contributed by atoms with van der Waals surface area (Å²) in [4.78, 5) is 0. The van der Waals surface area contributed by atoms with E-state index in [1.54, 1.807) is 0 Å². The van der Waals surface area contributed by atoms with Crippen molar-refractivity contribution in [3.63, 3.8) is 0 Å². The highest BCUT2D eigenvalue weighted by molar-refractivity contribution is 7.99. The molecule has 0 aromatic rings. The Bertz CT molecular complexity index is 166. The highest BCUT2D eigenvalue weighted by Crippen LogP contribution is 2.56. The lowest BCUT2D eigenvalue weighted by Crippen LogP contribution is -2.08. The van der Waals surface area contributed by atoms with Crippen molar-refractivity contribution in [2.24, 2.45) is 23.7 Å². The minimum atomic E-state index is 0.983. The SMILES string of the molecule is CSC1C2CCC(C)C(C)CC21. The Balaban J connectivity index is 1.94. The molecule has 0 N–H and O–H groups in total. The zero-order valence-corrected chi connectivity index (χ0v) is 9.23. The van der Waals surface area contributed by atoms with Crippen molar-refractivity contribution in [1.29, 1.82) is 0 Å². The summed E-state index contributed by atoms with van der Waals surface area (Å²) in [7, 11) is 0. The molecule has 2 aliphatic rings. The Morgan fingerprint density at radius 3 is 2.42 bits per heavy atom. The van der Waals surface area contributed by atoms with Crippen LogP contribution in [0.3, 0.4) is 0 Å². The quantitative estimate of drug-likeness (QED) is 0.602. The molecule has 0 aromatic heterocycles. The maximum atomic E-state index is 2.45. The maximum Gasteiger partial charge on any atom is 0.0107 e. The van der Waals surface area contributed by atoms with Crippen molar-refractivity contribution in [3.8, 4) is 0 Å². The molecule has 2 saturated carbocycles. The number of rotatable bonds is 1. The fourth-order valence-electron chi connectivity index (χ4n) is 2.85. The van der Waals surface area contributed by atoms with Crippen molar-refractivity contribution in [2.45, 2.75) is 38.4 Å². The van der Waals surface area contributed by atoms with E-state index in [1.165, 1.54) is 19.3 Å². The minimum Gasteiger partial charge on any atom is -0.161 e. The van der Waals surface area contributed by atoms with Gasteiger partial charge < -0.3 is 0 Å². The minimum absolute atomic E-state index is 0.983. The molecule has 0 bridgehead atoms. The predicted octanol–water partition coefficient (Wildman–Crippen LogP) is 3.42. The van der Waals surface area contributed by atoms with E-state index in [1.807, 2.05) is 0 Å². The van der Waals surface area contributed by atoms with Crippen LogP contribution in [0.25, 0.3) is 0 Å². The van der Waals surface area contributed by atoms with Gasteiger partial charge >= 0.3 is 0 Å². The van der Waals surface area contributed by atoms with Crippen molar-refractivity contribution < 1.29 is 0 Å². The second-order valence-electron chi connectivity index (χ2n) is 4.80. The molecular formula is C11H20S. The molecule has 5 atom stereocenters. The van der Waals surface area contributed by atoms with Gasteiger partial charge in [0, 0.05) is 5.25 Å². The lowest BCUT2D eigenvalue weighted by Gasteiger charge is -2.17. The number of fused-ring (bicyclic) bond motifs is 1. The van der Waals surface area contributed by atoms with Gasteiger partial charge in [0.1, 0.15) is 0 Å². The first-order chi connectivity index (χ1) is 5.74. The fourth-order valence-corrected chi connectivity index (χ4v) is 4.11. The van der Waals surface area contributed by atoms with E-state index < -0.39 is 0 Å². The molecule has 2 fully saturated rings. The Morgan fingerprint density at radius 2 is 1.75 bits per heavy atom. The molecule has 0 aromatic carbocycles. The van der Waals surface area contributed by atoms with Crippen LogP contribution in [0.5, 0.6) is 0 Å². The molecule has 0 saturated heterocycles. The largest absolute Gasteiger partial charge is 0.161 e. The average molecular weight is 184 g/mol. The Labute approximate surface area is 80.5 Å². The lowest BCUT2D eigenvalue weighted by atomic mass is 9.90. The monoisotopic (exact) mass is 184 g/mol. The number of hydrogen-bond acceptors (Lipinski definition) is 1. The summed E-state index contributed by atoms with van der Waals surface area (Å²) in [5.41, 5.74) is 0. The summed E-state index contributed by atoms with van der Waals surface area (Å²) in [5.74, 6) is 4.17. The van der Waals surface area contributed by atoms with Crippen LogP contribution >= 0.6 is 11.8 Å². The second kappa shape index (κ2) is 3.25. The first kappa shape index (κ1) is 8.93. The molecule has 2 aliphatic carbocycles. The Morgan fingerprint density at radius 1 is 1.00 bits per heavy atom. The standard InChI is InChI=1S/C11H20S/c1-7-4-5-9-10(6-8(7)2)11(9)12-3/h7-11H,4-6H2,1-3H3. The van der Waals surface area contributed by atoms with E-state index in [0.717, 1.165) is 28.9 Å². The molecule has 1 heteroatoms. The van der Waals surface area contributed by atoms with Gasteiger partial charge in [-0.3, -0.25) is 0 Å². The average Bonchev–Trinajstić information content (AvgIpc) is 2.73. The molecule has 0 radical (unpaired) electrons. The lowest BCUT2D eigenvalue weighted by molar-refractivity contribution is 0.349. The van der Waals surface area contributed by atoms with Crippen LogP contribution in [0.15, 0.2) is 0 Å². The molecule has 0 aliphatic heterocycles. The van der Waals surface area contributed by atoms with E-state index in [9.17, 15) is 0 Å². The van der Waals surface area contributed by atoms with E-state index in [4.69, 9.17) is 0 Å². The van der Waals surface area contributed by atoms with Gasteiger partial charge in [-0.15, -0.1) is 0 Å². The van der Waals surface area contributed by atoms with Crippen molar-refractivity contribution in [2.75, 3.05) is 6.26 Å². The van der Waals surface area contributed by atoms with E-state index in [0.29, 0.717) is 0 Å². The van der Waals surface area contributed by atoms with Gasteiger partial charge in [-0.1, -0.05) is 20.3 Å². The molecule has 0 heterocycles. The summed E-state index contributed by atoms with van der Waals surface area (Å²) >= 11 is 2.11. The fraction of sp³-hybridized carbons (Fsp3) is 1.00. The van der Waals surface area contributed by atoms with E-state index in [-0.39, 0.29) is 0 Å². The Kier molecular flexibility index (Phi) is 2.42. The first-order valence-corrected chi connectivity index (χ1v) is 6.55. The summed E-state index contributed by atoms with van der Waals surface area (Å²) in [6.45, 7) is 4.88. The van der Waals surface area contributed by atoms with Crippen LogP contribution in [0.1, 0.15) is 33.1 Å².